The van der Waals surface area contributed by atoms with Gasteiger partial charge in [-0.05, 0) is 0 Å². The minimum atomic E-state index is -11.2. The summed E-state index contributed by atoms with van der Waals surface area (Å²) in [5, 5.41) is 0. The van der Waals surface area contributed by atoms with Crippen molar-refractivity contribution in [3.63, 3.8) is 0 Å². The summed E-state index contributed by atoms with van der Waals surface area (Å²) in [6, 6.07) is 0. The van der Waals surface area contributed by atoms with Gasteiger partial charge in [-0.15, -0.1) is 0 Å². The van der Waals surface area contributed by atoms with Crippen molar-refractivity contribution in [3.05, 3.63) is 0 Å². The Bertz CT molecular complexity index is 166. The van der Waals surface area contributed by atoms with Gasteiger partial charge in [-0.1, -0.05) is 0 Å². The van der Waals surface area contributed by atoms with Gasteiger partial charge in [0.05, 0.1) is 0 Å². The van der Waals surface area contributed by atoms with Crippen LogP contribution in [0.15, 0.2) is 0 Å². The topological polar surface area (TPSA) is 0 Å². The van der Waals surface area contributed by atoms with Gasteiger partial charge in [0, 0.05) is 0 Å². The van der Waals surface area contributed by atoms with Crippen molar-refractivity contribution in [1.82, 2.24) is 0 Å². The molecule has 0 nitrogen and oxygen atoms in total. The second-order valence-electron chi connectivity index (χ2n) is 1.92. The quantitative estimate of drug-likeness (QED) is 0.274. The van der Waals surface area contributed by atoms with E-state index in [9.17, 15) is 37.7 Å². The molecule has 0 aromatic heterocycles. The summed E-state index contributed by atoms with van der Waals surface area (Å²) in [6.07, 6.45) is 0. The molecule has 0 atom stereocenters. The molecule has 0 aliphatic rings. The first-order valence-corrected chi connectivity index (χ1v) is 12.1. The van der Waals surface area contributed by atoms with Crippen LogP contribution in [0.25, 0.3) is 0 Å². The van der Waals surface area contributed by atoms with Crippen molar-refractivity contribution in [2.24, 2.45) is 0 Å². The molecule has 116 valence electrons. The molecule has 0 aliphatic heterocycles. The summed E-state index contributed by atoms with van der Waals surface area (Å²) >= 11 is -22.3. The number of rotatable bonds is 0. The van der Waals surface area contributed by atoms with Gasteiger partial charge in [-0.25, -0.2) is 0 Å². The fourth-order valence-electron chi connectivity index (χ4n) is 0. The molecule has 0 aromatic rings. The maximum absolute atomic E-state index is 11.2. The molecular formula is Ag2AsF12Sb. The van der Waals surface area contributed by atoms with Gasteiger partial charge in [-0.2, -0.15) is 0 Å². The van der Waals surface area contributed by atoms with Gasteiger partial charge in [-0.3, -0.25) is 0 Å². The molecule has 0 N–H and O–H groups in total. The fraction of sp³-hybridized carbons (Fsp3) is 0. The molecule has 0 saturated carbocycles. The normalized spacial score (nSPS) is 20.2. The molecule has 0 unspecified atom stereocenters. The molecule has 16 heavy (non-hydrogen) atoms. The maximum atomic E-state index is 9.93. The van der Waals surface area contributed by atoms with Crippen molar-refractivity contribution < 1.29 is 82.4 Å². The van der Waals surface area contributed by atoms with Crippen molar-refractivity contribution in [1.29, 1.82) is 0 Å². The Morgan fingerprint density at radius 3 is 0.500 bits per heavy atom. The first-order valence-electron chi connectivity index (χ1n) is 2.03. The molecule has 0 fully saturated rings. The van der Waals surface area contributed by atoms with Crippen LogP contribution in [0.3, 0.4) is 0 Å². The minimum absolute atomic E-state index is 0. The second kappa shape index (κ2) is 4.26. The monoisotopic (exact) mass is 638 g/mol. The van der Waals surface area contributed by atoms with Gasteiger partial charge < -0.3 is 0 Å². The SMILES string of the molecule is F[As-](F)(F)(F)(F)F.[Ag+].[Ag+].[F][Sb-]([F])([F])([F])([F])[F]. The molecule has 0 aromatic carbocycles. The zero-order chi connectivity index (χ0) is 12.8. The van der Waals surface area contributed by atoms with Crippen LogP contribution in [0.2, 0.25) is 0 Å². The average Bonchev–Trinajstić information content (AvgIpc) is 0.938. The zero-order valence-electron chi connectivity index (χ0n) is 6.03. The molecular weight excluding hydrogens is 640 g/mol. The zero-order valence-corrected chi connectivity index (χ0v) is 13.4. The summed E-state index contributed by atoms with van der Waals surface area (Å²) in [5.74, 6) is 0. The Morgan fingerprint density at radius 2 is 0.500 bits per heavy atom. The van der Waals surface area contributed by atoms with Gasteiger partial charge in [0.2, 0.25) is 0 Å². The third-order valence-corrected chi connectivity index (χ3v) is 0. The Balaban J connectivity index is -0.0000000800. The summed E-state index contributed by atoms with van der Waals surface area (Å²) in [7, 11) is 0. The summed E-state index contributed by atoms with van der Waals surface area (Å²) in [6.45, 7) is 0. The van der Waals surface area contributed by atoms with E-state index >= 15 is 0 Å². The fourth-order valence-corrected chi connectivity index (χ4v) is 0. The number of hydrogen-bond donors (Lipinski definition) is 0. The van der Waals surface area contributed by atoms with E-state index in [1.807, 2.05) is 0 Å². The third kappa shape index (κ3) is 888. The molecule has 0 spiro atoms. The Morgan fingerprint density at radius 1 is 0.500 bits per heavy atom. The van der Waals surface area contributed by atoms with Crippen LogP contribution in [0.1, 0.15) is 0 Å². The number of hydrogen-bond acceptors (Lipinski definition) is 0. The van der Waals surface area contributed by atoms with Gasteiger partial charge >= 0.3 is 116 Å². The Labute approximate surface area is 115 Å². The standard InChI is InChI=1S/2Ag.AsF6.6FH.Sb/c;;2-1(3,4,5,6)7;;;;;;;/h;;;6*1H;/q2*+1;-1;;;;;;;+5/p-6. The second-order valence-corrected chi connectivity index (χ2v) is 11.4. The van der Waals surface area contributed by atoms with Crippen molar-refractivity contribution in [3.8, 4) is 0 Å². The van der Waals surface area contributed by atoms with E-state index in [2.05, 4.69) is 0 Å². The predicted molar refractivity (Wildman–Crippen MR) is 24.8 cm³/mol. The van der Waals surface area contributed by atoms with Crippen LogP contribution in [-0.2, 0) is 44.8 Å². The molecule has 0 aliphatic carbocycles. The van der Waals surface area contributed by atoms with Crippen LogP contribution in [0, 0.1) is 0 Å². The van der Waals surface area contributed by atoms with Crippen LogP contribution < -0.4 is 0 Å². The van der Waals surface area contributed by atoms with Crippen molar-refractivity contribution >= 4 is 33.6 Å². The van der Waals surface area contributed by atoms with Crippen molar-refractivity contribution in [2.75, 3.05) is 0 Å². The Hall–Kier alpha value is 2.02. The first-order chi connectivity index (χ1) is 4.90. The molecule has 0 bridgehead atoms. The van der Waals surface area contributed by atoms with Gasteiger partial charge in [0.15, 0.2) is 0 Å². The van der Waals surface area contributed by atoms with Crippen molar-refractivity contribution in [2.45, 2.75) is 0 Å². The van der Waals surface area contributed by atoms with Gasteiger partial charge in [0.1, 0.15) is 0 Å². The van der Waals surface area contributed by atoms with E-state index in [-0.39, 0.29) is 44.8 Å². The van der Waals surface area contributed by atoms with Crippen LogP contribution in [0.5, 0.6) is 0 Å². The summed E-state index contributed by atoms with van der Waals surface area (Å²) in [5.41, 5.74) is 0. The van der Waals surface area contributed by atoms with Crippen LogP contribution in [-0.4, -0.2) is 33.6 Å². The van der Waals surface area contributed by atoms with E-state index in [0.29, 0.717) is 0 Å². The predicted octanol–water partition coefficient (Wildman–Crippen LogP) is 4.28. The molecule has 0 heterocycles. The number of halogens is 12. The van der Waals surface area contributed by atoms with Crippen LogP contribution >= 0.6 is 0 Å². The first kappa shape index (κ1) is 26.6. The Kier molecular flexibility index (Phi) is 7.07. The van der Waals surface area contributed by atoms with Crippen LogP contribution in [0.4, 0.5) is 37.7 Å². The van der Waals surface area contributed by atoms with E-state index in [1.165, 1.54) is 0 Å². The summed E-state index contributed by atoms with van der Waals surface area (Å²) in [4.78, 5) is 0. The van der Waals surface area contributed by atoms with Gasteiger partial charge in [0.25, 0.3) is 0 Å². The summed E-state index contributed by atoms with van der Waals surface area (Å²) < 4.78 is 119. The van der Waals surface area contributed by atoms with E-state index in [0.717, 1.165) is 0 Å². The van der Waals surface area contributed by atoms with E-state index < -0.39 is 33.6 Å². The molecule has 0 radical (unpaired) electrons. The molecule has 16 heteroatoms. The van der Waals surface area contributed by atoms with E-state index in [4.69, 9.17) is 0 Å². The molecule has 0 rings (SSSR count). The van der Waals surface area contributed by atoms with E-state index in [1.54, 1.807) is 0 Å². The third-order valence-electron chi connectivity index (χ3n) is 0. The molecule has 0 amide bonds. The molecule has 0 saturated heterocycles. The average molecular weight is 640 g/mol.